The number of rotatable bonds is 5. The summed E-state index contributed by atoms with van der Waals surface area (Å²) in [5.41, 5.74) is 0.875. The number of carbonyl (C=O) groups excluding carboxylic acids is 1. The quantitative estimate of drug-likeness (QED) is 0.904. The highest BCUT2D eigenvalue weighted by Crippen LogP contribution is 2.16. The van der Waals surface area contributed by atoms with Gasteiger partial charge in [0.2, 0.25) is 0 Å². The third-order valence-electron chi connectivity index (χ3n) is 4.03. The summed E-state index contributed by atoms with van der Waals surface area (Å²) in [7, 11) is 0. The summed E-state index contributed by atoms with van der Waals surface area (Å²) in [6, 6.07) is 4.60. The van der Waals surface area contributed by atoms with Crippen molar-refractivity contribution in [3.05, 3.63) is 24.0 Å². The highest BCUT2D eigenvalue weighted by Gasteiger charge is 2.27. The number of nitrogens with zero attached hydrogens (tertiary/aromatic N) is 2. The number of carbonyl (C=O) groups is 1. The summed E-state index contributed by atoms with van der Waals surface area (Å²) in [6.07, 6.45) is 5.20. The molecular formula is C18H31N3O2. The lowest BCUT2D eigenvalue weighted by Gasteiger charge is -2.34. The second kappa shape index (κ2) is 7.86. The fourth-order valence-corrected chi connectivity index (χ4v) is 2.95. The number of aromatic nitrogens is 1. The molecule has 23 heavy (non-hydrogen) atoms. The lowest BCUT2D eigenvalue weighted by molar-refractivity contribution is 0.0187. The van der Waals surface area contributed by atoms with Gasteiger partial charge >= 0.3 is 6.09 Å². The molecule has 1 saturated heterocycles. The number of nitrogens with one attached hydrogen (secondary N) is 1. The Hall–Kier alpha value is -1.49. The van der Waals surface area contributed by atoms with Crippen LogP contribution < -0.4 is 5.32 Å². The fourth-order valence-electron chi connectivity index (χ4n) is 2.95. The van der Waals surface area contributed by atoms with E-state index < -0.39 is 5.60 Å². The molecule has 0 saturated carbocycles. The van der Waals surface area contributed by atoms with Crippen LogP contribution >= 0.6 is 0 Å². The first-order valence-corrected chi connectivity index (χ1v) is 8.74. The van der Waals surface area contributed by atoms with Crippen molar-refractivity contribution in [1.82, 2.24) is 14.8 Å². The number of aryl methyl sites for hydroxylation is 1. The first-order valence-electron chi connectivity index (χ1n) is 8.74. The van der Waals surface area contributed by atoms with Crippen molar-refractivity contribution in [3.8, 4) is 0 Å². The summed E-state index contributed by atoms with van der Waals surface area (Å²) < 4.78 is 7.78. The number of likely N-dealkylation sites (tertiary alicyclic amines) is 1. The van der Waals surface area contributed by atoms with Crippen molar-refractivity contribution in [2.24, 2.45) is 0 Å². The van der Waals surface area contributed by atoms with E-state index in [2.05, 4.69) is 35.1 Å². The van der Waals surface area contributed by atoms with Crippen LogP contribution in [0.5, 0.6) is 0 Å². The maximum absolute atomic E-state index is 12.2. The van der Waals surface area contributed by atoms with Gasteiger partial charge in [0.05, 0.1) is 0 Å². The summed E-state index contributed by atoms with van der Waals surface area (Å²) >= 11 is 0. The van der Waals surface area contributed by atoms with E-state index >= 15 is 0 Å². The van der Waals surface area contributed by atoms with Gasteiger partial charge in [0.1, 0.15) is 5.60 Å². The molecule has 5 heteroatoms. The minimum atomic E-state index is -0.432. The lowest BCUT2D eigenvalue weighted by atomic mass is 10.1. The molecule has 0 aromatic carbocycles. The molecule has 1 fully saturated rings. The molecule has 1 aromatic heterocycles. The van der Waals surface area contributed by atoms with E-state index in [-0.39, 0.29) is 6.09 Å². The van der Waals surface area contributed by atoms with Gasteiger partial charge in [-0.3, -0.25) is 0 Å². The van der Waals surface area contributed by atoms with Gasteiger partial charge < -0.3 is 19.5 Å². The number of hydrogen-bond donors (Lipinski definition) is 1. The molecule has 0 radical (unpaired) electrons. The van der Waals surface area contributed by atoms with Gasteiger partial charge in [0.15, 0.2) is 0 Å². The van der Waals surface area contributed by atoms with Crippen molar-refractivity contribution in [3.63, 3.8) is 0 Å². The zero-order chi connectivity index (χ0) is 16.9. The summed E-state index contributed by atoms with van der Waals surface area (Å²) in [4.78, 5) is 14.0. The van der Waals surface area contributed by atoms with Gasteiger partial charge in [-0.05, 0) is 52.2 Å². The van der Waals surface area contributed by atoms with Crippen molar-refractivity contribution in [2.45, 2.75) is 71.7 Å². The Labute approximate surface area is 140 Å². The molecule has 2 rings (SSSR count). The number of hydrogen-bond acceptors (Lipinski definition) is 3. The third kappa shape index (κ3) is 5.57. The second-order valence-electron chi connectivity index (χ2n) is 7.34. The Balaban J connectivity index is 1.84. The number of piperidine rings is 1. The first-order chi connectivity index (χ1) is 10.9. The van der Waals surface area contributed by atoms with Gasteiger partial charge in [0, 0.05) is 44.1 Å². The lowest BCUT2D eigenvalue weighted by Crippen LogP contribution is -2.49. The van der Waals surface area contributed by atoms with Crippen LogP contribution in [-0.4, -0.2) is 40.3 Å². The van der Waals surface area contributed by atoms with Gasteiger partial charge in [0.25, 0.3) is 0 Å². The SMILES string of the molecule is CCCn1cccc1CNC1CCCN(C(=O)OC(C)(C)C)C1. The zero-order valence-corrected chi connectivity index (χ0v) is 15.0. The maximum Gasteiger partial charge on any atom is 0.410 e. The van der Waals surface area contributed by atoms with Gasteiger partial charge in [-0.1, -0.05) is 6.92 Å². The van der Waals surface area contributed by atoms with Gasteiger partial charge in [-0.2, -0.15) is 0 Å². The highest BCUT2D eigenvalue weighted by molar-refractivity contribution is 5.68. The van der Waals surface area contributed by atoms with E-state index in [4.69, 9.17) is 4.74 Å². The zero-order valence-electron chi connectivity index (χ0n) is 15.0. The molecule has 0 aliphatic carbocycles. The topological polar surface area (TPSA) is 46.5 Å². The van der Waals surface area contributed by atoms with Crippen LogP contribution in [0.25, 0.3) is 0 Å². The molecule has 1 atom stereocenters. The van der Waals surface area contributed by atoms with E-state index in [1.54, 1.807) is 0 Å². The molecular weight excluding hydrogens is 290 g/mol. The molecule has 1 aliphatic heterocycles. The molecule has 0 bridgehead atoms. The van der Waals surface area contributed by atoms with Crippen molar-refractivity contribution >= 4 is 6.09 Å². The minimum absolute atomic E-state index is 0.196. The molecule has 5 nitrogen and oxygen atoms in total. The van der Waals surface area contributed by atoms with Crippen molar-refractivity contribution in [1.29, 1.82) is 0 Å². The van der Waals surface area contributed by atoms with Crippen molar-refractivity contribution < 1.29 is 9.53 Å². The van der Waals surface area contributed by atoms with Crippen LogP contribution in [0.1, 0.15) is 52.7 Å². The Morgan fingerprint density at radius 1 is 1.43 bits per heavy atom. The van der Waals surface area contributed by atoms with Crippen LogP contribution in [0.4, 0.5) is 4.79 Å². The molecule has 1 aromatic rings. The average molecular weight is 321 g/mol. The highest BCUT2D eigenvalue weighted by atomic mass is 16.6. The predicted octanol–water partition coefficient (Wildman–Crippen LogP) is 3.39. The van der Waals surface area contributed by atoms with Gasteiger partial charge in [-0.15, -0.1) is 0 Å². The van der Waals surface area contributed by atoms with E-state index in [0.717, 1.165) is 45.4 Å². The Morgan fingerprint density at radius 2 is 2.22 bits per heavy atom. The largest absolute Gasteiger partial charge is 0.444 e. The average Bonchev–Trinajstić information content (AvgIpc) is 2.91. The van der Waals surface area contributed by atoms with Crippen LogP contribution in [-0.2, 0) is 17.8 Å². The summed E-state index contributed by atoms with van der Waals surface area (Å²) in [6.45, 7) is 11.3. The fraction of sp³-hybridized carbons (Fsp3) is 0.722. The third-order valence-corrected chi connectivity index (χ3v) is 4.03. The second-order valence-corrected chi connectivity index (χ2v) is 7.34. The molecule has 1 amide bonds. The van der Waals surface area contributed by atoms with Crippen LogP contribution in [0, 0.1) is 0 Å². The van der Waals surface area contributed by atoms with Gasteiger partial charge in [-0.25, -0.2) is 4.79 Å². The van der Waals surface area contributed by atoms with Crippen molar-refractivity contribution in [2.75, 3.05) is 13.1 Å². The molecule has 1 N–H and O–H groups in total. The van der Waals surface area contributed by atoms with Crippen LogP contribution in [0.3, 0.4) is 0 Å². The molecule has 130 valence electrons. The van der Waals surface area contributed by atoms with E-state index in [0.29, 0.717) is 6.04 Å². The van der Waals surface area contributed by atoms with Crippen LogP contribution in [0.15, 0.2) is 18.3 Å². The summed E-state index contributed by atoms with van der Waals surface area (Å²) in [5, 5.41) is 3.60. The minimum Gasteiger partial charge on any atom is -0.444 e. The maximum atomic E-state index is 12.2. The Bertz CT molecular complexity index is 505. The first kappa shape index (κ1) is 17.9. The van der Waals surface area contributed by atoms with Crippen LogP contribution in [0.2, 0.25) is 0 Å². The molecule has 2 heterocycles. The number of amides is 1. The van der Waals surface area contributed by atoms with E-state index in [1.165, 1.54) is 5.69 Å². The molecule has 1 unspecified atom stereocenters. The Kier molecular flexibility index (Phi) is 6.10. The molecule has 0 spiro atoms. The monoisotopic (exact) mass is 321 g/mol. The van der Waals surface area contributed by atoms with E-state index in [9.17, 15) is 4.79 Å². The smallest absolute Gasteiger partial charge is 0.410 e. The standard InChI is InChI=1S/C18H31N3O2/c1-5-10-20-11-7-9-16(20)13-19-15-8-6-12-21(14-15)17(22)23-18(2,3)4/h7,9,11,15,19H,5-6,8,10,12-14H2,1-4H3. The molecule has 1 aliphatic rings. The predicted molar refractivity (Wildman–Crippen MR) is 92.4 cm³/mol. The normalized spacial score (nSPS) is 19.0. The van der Waals surface area contributed by atoms with E-state index in [1.807, 2.05) is 25.7 Å². The Morgan fingerprint density at radius 3 is 2.91 bits per heavy atom. The number of ether oxygens (including phenoxy) is 1. The summed E-state index contributed by atoms with van der Waals surface area (Å²) in [5.74, 6) is 0.